The van der Waals surface area contributed by atoms with Gasteiger partial charge in [0.1, 0.15) is 22.8 Å². The van der Waals surface area contributed by atoms with Gasteiger partial charge in [-0.3, -0.25) is 9.59 Å². The van der Waals surface area contributed by atoms with Crippen molar-refractivity contribution in [1.82, 2.24) is 10.3 Å². The van der Waals surface area contributed by atoms with Gasteiger partial charge >= 0.3 is 6.18 Å². The highest BCUT2D eigenvalue weighted by Crippen LogP contribution is 2.45. The minimum absolute atomic E-state index is 0.00784. The van der Waals surface area contributed by atoms with Crippen molar-refractivity contribution in [2.24, 2.45) is 0 Å². The fourth-order valence-electron chi connectivity index (χ4n) is 5.40. The number of halogens is 3. The summed E-state index contributed by atoms with van der Waals surface area (Å²) in [6.07, 6.45) is -0.927. The van der Waals surface area contributed by atoms with E-state index in [9.17, 15) is 22.8 Å². The quantitative estimate of drug-likeness (QED) is 0.425. The zero-order valence-electron chi connectivity index (χ0n) is 20.1. The lowest BCUT2D eigenvalue weighted by Gasteiger charge is -2.30. The first-order valence-corrected chi connectivity index (χ1v) is 12.2. The number of rotatable bonds is 3. The number of aryl methyl sites for hydroxylation is 2. The number of fused-ring (bicyclic) bond motifs is 2. The normalized spacial score (nSPS) is 17.6. The van der Waals surface area contributed by atoms with Crippen LogP contribution in [0.5, 0.6) is 11.5 Å². The highest BCUT2D eigenvalue weighted by Gasteiger charge is 2.38. The summed E-state index contributed by atoms with van der Waals surface area (Å²) >= 11 is 0. The van der Waals surface area contributed by atoms with Crippen molar-refractivity contribution in [3.63, 3.8) is 0 Å². The number of benzene rings is 2. The van der Waals surface area contributed by atoms with Gasteiger partial charge in [-0.05, 0) is 67.5 Å². The van der Waals surface area contributed by atoms with E-state index in [0.29, 0.717) is 29.9 Å². The van der Waals surface area contributed by atoms with Crippen molar-refractivity contribution >= 4 is 5.91 Å². The first kappa shape index (κ1) is 24.2. The number of carbonyl (C=O) groups excluding carboxylic acids is 1. The van der Waals surface area contributed by atoms with Crippen molar-refractivity contribution in [1.29, 1.82) is 0 Å². The summed E-state index contributed by atoms with van der Waals surface area (Å²) in [5.74, 6) is 0.0911. The van der Waals surface area contributed by atoms with Crippen molar-refractivity contribution in [3.8, 4) is 11.5 Å². The van der Waals surface area contributed by atoms with Gasteiger partial charge in [0.15, 0.2) is 0 Å². The van der Waals surface area contributed by atoms with Crippen LogP contribution in [-0.4, -0.2) is 10.9 Å². The summed E-state index contributed by atoms with van der Waals surface area (Å²) in [6, 6.07) is 11.7. The predicted molar refractivity (Wildman–Crippen MR) is 130 cm³/mol. The van der Waals surface area contributed by atoms with Crippen LogP contribution in [-0.2, 0) is 6.18 Å². The van der Waals surface area contributed by atoms with Crippen LogP contribution in [0.3, 0.4) is 0 Å². The molecule has 188 valence electrons. The Balaban J connectivity index is 1.57. The van der Waals surface area contributed by atoms with Gasteiger partial charge in [0.2, 0.25) is 0 Å². The van der Waals surface area contributed by atoms with Crippen LogP contribution in [0.15, 0.2) is 47.3 Å². The van der Waals surface area contributed by atoms with E-state index < -0.39 is 29.4 Å². The molecular formula is C28H27F3N2O3. The van der Waals surface area contributed by atoms with Crippen LogP contribution in [0.4, 0.5) is 13.2 Å². The average molecular weight is 497 g/mol. The molecule has 1 aliphatic heterocycles. The van der Waals surface area contributed by atoms with E-state index in [2.05, 4.69) is 5.32 Å². The molecule has 0 spiro atoms. The Kier molecular flexibility index (Phi) is 6.14. The second-order valence-electron chi connectivity index (χ2n) is 9.71. The molecule has 1 saturated carbocycles. The third-order valence-corrected chi connectivity index (χ3v) is 7.19. The number of alkyl halides is 3. The van der Waals surface area contributed by atoms with Gasteiger partial charge in [0.05, 0.1) is 6.04 Å². The highest BCUT2D eigenvalue weighted by molar-refractivity contribution is 5.95. The van der Waals surface area contributed by atoms with Crippen LogP contribution in [0.1, 0.15) is 87.9 Å². The molecule has 36 heavy (non-hydrogen) atoms. The SMILES string of the molecule is Cc1ccc2c(c1)Oc1cccc(C)c1C2NC(=O)c1cc(C2CCCCC2)c(C(F)(F)F)[nH]c1=O. The summed E-state index contributed by atoms with van der Waals surface area (Å²) in [5, 5.41) is 2.92. The maximum absolute atomic E-state index is 13.8. The molecule has 5 rings (SSSR count). The molecule has 1 amide bonds. The van der Waals surface area contributed by atoms with Gasteiger partial charge in [-0.1, -0.05) is 43.5 Å². The van der Waals surface area contributed by atoms with Crippen LogP contribution in [0.2, 0.25) is 0 Å². The molecule has 0 bridgehead atoms. The van der Waals surface area contributed by atoms with Gasteiger partial charge in [-0.25, -0.2) is 0 Å². The Morgan fingerprint density at radius 3 is 2.47 bits per heavy atom. The fraction of sp³-hybridized carbons (Fsp3) is 0.357. The number of amides is 1. The molecule has 1 aliphatic carbocycles. The molecule has 0 radical (unpaired) electrons. The zero-order valence-corrected chi connectivity index (χ0v) is 20.1. The third kappa shape index (κ3) is 4.40. The number of H-pyrrole nitrogens is 1. The Morgan fingerprint density at radius 2 is 1.75 bits per heavy atom. The number of pyridine rings is 1. The van der Waals surface area contributed by atoms with E-state index in [4.69, 9.17) is 4.74 Å². The molecular weight excluding hydrogens is 469 g/mol. The molecule has 2 aliphatic rings. The number of hydrogen-bond donors (Lipinski definition) is 2. The molecule has 5 nitrogen and oxygen atoms in total. The maximum atomic E-state index is 13.8. The molecule has 1 fully saturated rings. The van der Waals surface area contributed by atoms with Gasteiger partial charge in [-0.15, -0.1) is 0 Å². The topological polar surface area (TPSA) is 71.2 Å². The van der Waals surface area contributed by atoms with Crippen molar-refractivity contribution in [2.45, 2.75) is 64.1 Å². The molecule has 0 saturated heterocycles. The smallest absolute Gasteiger partial charge is 0.431 e. The van der Waals surface area contributed by atoms with E-state index in [-0.39, 0.29) is 17.0 Å². The maximum Gasteiger partial charge on any atom is 0.431 e. The molecule has 1 aromatic heterocycles. The minimum Gasteiger partial charge on any atom is -0.457 e. The van der Waals surface area contributed by atoms with Crippen molar-refractivity contribution < 1.29 is 22.7 Å². The Hall–Kier alpha value is -3.55. The Labute approximate surface area is 206 Å². The van der Waals surface area contributed by atoms with Gasteiger partial charge in [0, 0.05) is 11.1 Å². The average Bonchev–Trinajstić information content (AvgIpc) is 2.83. The standard InChI is InChI=1S/C28H27F3N2O3/c1-15-11-12-18-22(13-15)36-21-10-6-7-16(2)23(21)24(18)32-26(34)20-14-19(17-8-4-3-5-9-17)25(28(29,30)31)33-27(20)35/h6-7,10-14,17,24H,3-5,8-9H2,1-2H3,(H,32,34)(H,33,35). The fourth-order valence-corrected chi connectivity index (χ4v) is 5.40. The third-order valence-electron chi connectivity index (χ3n) is 7.19. The zero-order chi connectivity index (χ0) is 25.6. The summed E-state index contributed by atoms with van der Waals surface area (Å²) in [6.45, 7) is 3.82. The largest absolute Gasteiger partial charge is 0.457 e. The van der Waals surface area contributed by atoms with Gasteiger partial charge < -0.3 is 15.0 Å². The number of hydrogen-bond acceptors (Lipinski definition) is 3. The highest BCUT2D eigenvalue weighted by atomic mass is 19.4. The molecule has 8 heteroatoms. The molecule has 2 heterocycles. The molecule has 1 atom stereocenters. The van der Waals surface area contributed by atoms with Crippen molar-refractivity contribution in [3.05, 3.63) is 91.9 Å². The first-order chi connectivity index (χ1) is 17.1. The van der Waals surface area contributed by atoms with Crippen molar-refractivity contribution in [2.75, 3.05) is 0 Å². The van der Waals surface area contributed by atoms with Crippen LogP contribution < -0.4 is 15.6 Å². The monoisotopic (exact) mass is 496 g/mol. The lowest BCUT2D eigenvalue weighted by atomic mass is 9.82. The van der Waals surface area contributed by atoms with Gasteiger partial charge in [-0.2, -0.15) is 13.2 Å². The number of ether oxygens (including phenoxy) is 1. The second-order valence-corrected chi connectivity index (χ2v) is 9.71. The van der Waals surface area contributed by atoms with Crippen LogP contribution in [0, 0.1) is 13.8 Å². The number of aromatic amines is 1. The Bertz CT molecular complexity index is 1390. The van der Waals surface area contributed by atoms with Crippen LogP contribution in [0.25, 0.3) is 0 Å². The van der Waals surface area contributed by atoms with E-state index >= 15 is 0 Å². The van der Waals surface area contributed by atoms with E-state index in [0.717, 1.165) is 42.0 Å². The molecule has 2 aromatic carbocycles. The molecule has 2 N–H and O–H groups in total. The number of aromatic nitrogens is 1. The molecule has 1 unspecified atom stereocenters. The predicted octanol–water partition coefficient (Wildman–Crippen LogP) is 6.68. The molecule has 3 aromatic rings. The Morgan fingerprint density at radius 1 is 1.00 bits per heavy atom. The van der Waals surface area contributed by atoms with E-state index in [1.165, 1.54) is 0 Å². The van der Waals surface area contributed by atoms with E-state index in [1.807, 2.05) is 49.2 Å². The number of nitrogens with one attached hydrogen (secondary N) is 2. The number of carbonyl (C=O) groups is 1. The second kappa shape index (κ2) is 9.15. The lowest BCUT2D eigenvalue weighted by molar-refractivity contribution is -0.142. The minimum atomic E-state index is -4.71. The van der Waals surface area contributed by atoms with Crippen LogP contribution >= 0.6 is 0 Å². The summed E-state index contributed by atoms with van der Waals surface area (Å²) in [7, 11) is 0. The van der Waals surface area contributed by atoms with E-state index in [1.54, 1.807) is 6.07 Å². The summed E-state index contributed by atoms with van der Waals surface area (Å²) < 4.78 is 47.5. The summed E-state index contributed by atoms with van der Waals surface area (Å²) in [4.78, 5) is 28.2. The van der Waals surface area contributed by atoms with Gasteiger partial charge in [0.25, 0.3) is 11.5 Å². The first-order valence-electron chi connectivity index (χ1n) is 12.2. The summed E-state index contributed by atoms with van der Waals surface area (Å²) in [5.41, 5.74) is 0.888. The lowest BCUT2D eigenvalue weighted by Crippen LogP contribution is -2.36.